The molecule has 0 radical (unpaired) electrons. The van der Waals surface area contributed by atoms with Crippen LogP contribution < -0.4 is 10.0 Å². The number of imide groups is 1. The standard InChI is InChI=1S/C21H16N2O5S2/c1-13-2-6-15(7-3-13)23-20(24)19(29-21(23)25)12-16-8-11-18(28-16)14-4-9-17(10-5-14)30(22,26)27/h2-12H,1H3,(H2,22,26,27)/b19-12-. The minimum Gasteiger partial charge on any atom is -0.457 e. The van der Waals surface area contributed by atoms with Gasteiger partial charge in [0.2, 0.25) is 10.0 Å². The maximum atomic E-state index is 12.7. The lowest BCUT2D eigenvalue weighted by molar-refractivity contribution is -0.113. The molecule has 0 unspecified atom stereocenters. The summed E-state index contributed by atoms with van der Waals surface area (Å²) in [6.07, 6.45) is 1.52. The fraction of sp³-hybridized carbons (Fsp3) is 0.0476. The first-order valence-corrected chi connectivity index (χ1v) is 11.2. The lowest BCUT2D eigenvalue weighted by Gasteiger charge is -2.12. The van der Waals surface area contributed by atoms with Crippen LogP contribution in [0.2, 0.25) is 0 Å². The molecule has 2 heterocycles. The highest BCUT2D eigenvalue weighted by atomic mass is 32.2. The lowest BCUT2D eigenvalue weighted by atomic mass is 10.2. The van der Waals surface area contributed by atoms with Crippen molar-refractivity contribution in [3.63, 3.8) is 0 Å². The van der Waals surface area contributed by atoms with E-state index in [0.29, 0.717) is 22.8 Å². The highest BCUT2D eigenvalue weighted by molar-refractivity contribution is 8.19. The van der Waals surface area contributed by atoms with E-state index in [9.17, 15) is 18.0 Å². The van der Waals surface area contributed by atoms with Gasteiger partial charge in [0, 0.05) is 11.6 Å². The summed E-state index contributed by atoms with van der Waals surface area (Å²) in [5.74, 6) is 0.471. The predicted molar refractivity (Wildman–Crippen MR) is 115 cm³/mol. The average molecular weight is 441 g/mol. The van der Waals surface area contributed by atoms with E-state index in [1.54, 1.807) is 36.4 Å². The molecule has 1 fully saturated rings. The van der Waals surface area contributed by atoms with Crippen molar-refractivity contribution in [1.82, 2.24) is 0 Å². The Hall–Kier alpha value is -3.14. The third-order valence-electron chi connectivity index (χ3n) is 4.45. The van der Waals surface area contributed by atoms with Crippen molar-refractivity contribution in [1.29, 1.82) is 0 Å². The van der Waals surface area contributed by atoms with Crippen LogP contribution in [0.5, 0.6) is 0 Å². The van der Waals surface area contributed by atoms with Crippen molar-refractivity contribution in [2.45, 2.75) is 11.8 Å². The number of hydrogen-bond acceptors (Lipinski definition) is 6. The first kappa shape index (κ1) is 20.1. The number of carbonyl (C=O) groups excluding carboxylic acids is 2. The minimum atomic E-state index is -3.77. The molecule has 1 aromatic heterocycles. The van der Waals surface area contributed by atoms with Crippen LogP contribution in [-0.2, 0) is 14.8 Å². The van der Waals surface area contributed by atoms with Crippen LogP contribution in [0.15, 0.2) is 74.9 Å². The Balaban J connectivity index is 1.57. The van der Waals surface area contributed by atoms with Gasteiger partial charge in [-0.2, -0.15) is 0 Å². The summed E-state index contributed by atoms with van der Waals surface area (Å²) < 4.78 is 28.5. The fourth-order valence-corrected chi connectivity index (χ4v) is 4.24. The van der Waals surface area contributed by atoms with Crippen LogP contribution in [-0.4, -0.2) is 19.6 Å². The zero-order valence-electron chi connectivity index (χ0n) is 15.7. The van der Waals surface area contributed by atoms with E-state index in [2.05, 4.69) is 0 Å². The van der Waals surface area contributed by atoms with E-state index in [-0.39, 0.29) is 15.0 Å². The summed E-state index contributed by atoms with van der Waals surface area (Å²) in [7, 11) is -3.77. The fourth-order valence-electron chi connectivity index (χ4n) is 2.91. The third-order valence-corrected chi connectivity index (χ3v) is 6.25. The molecule has 2 aromatic carbocycles. The van der Waals surface area contributed by atoms with Gasteiger partial charge >= 0.3 is 0 Å². The van der Waals surface area contributed by atoms with Crippen LogP contribution in [0.25, 0.3) is 17.4 Å². The molecule has 0 spiro atoms. The summed E-state index contributed by atoms with van der Waals surface area (Å²) >= 11 is 0.843. The van der Waals surface area contributed by atoms with E-state index in [0.717, 1.165) is 22.2 Å². The van der Waals surface area contributed by atoms with E-state index >= 15 is 0 Å². The molecular formula is C21H16N2O5S2. The van der Waals surface area contributed by atoms with Gasteiger partial charge in [-0.3, -0.25) is 9.59 Å². The molecule has 0 bridgehead atoms. The number of primary sulfonamides is 1. The number of benzene rings is 2. The van der Waals surface area contributed by atoms with Crippen molar-refractivity contribution >= 4 is 44.7 Å². The second-order valence-corrected chi connectivity index (χ2v) is 9.18. The number of aryl methyl sites for hydroxylation is 1. The van der Waals surface area contributed by atoms with Gasteiger partial charge in [-0.25, -0.2) is 18.5 Å². The monoisotopic (exact) mass is 440 g/mol. The molecule has 2 amide bonds. The number of carbonyl (C=O) groups is 2. The topological polar surface area (TPSA) is 111 Å². The van der Waals surface area contributed by atoms with Gasteiger partial charge < -0.3 is 4.42 Å². The third kappa shape index (κ3) is 3.95. The Labute approximate surface area is 177 Å². The largest absolute Gasteiger partial charge is 0.457 e. The zero-order chi connectivity index (χ0) is 21.5. The summed E-state index contributed by atoms with van der Waals surface area (Å²) in [5.41, 5.74) is 2.19. The summed E-state index contributed by atoms with van der Waals surface area (Å²) in [4.78, 5) is 26.5. The maximum absolute atomic E-state index is 12.7. The van der Waals surface area contributed by atoms with E-state index in [1.807, 2.05) is 19.1 Å². The van der Waals surface area contributed by atoms with Gasteiger partial charge in [-0.15, -0.1) is 0 Å². The van der Waals surface area contributed by atoms with Gasteiger partial charge in [0.15, 0.2) is 0 Å². The molecule has 152 valence electrons. The number of anilines is 1. The molecule has 0 aliphatic carbocycles. The molecule has 1 saturated heterocycles. The van der Waals surface area contributed by atoms with Crippen LogP contribution in [0.3, 0.4) is 0 Å². The van der Waals surface area contributed by atoms with E-state index < -0.39 is 15.9 Å². The van der Waals surface area contributed by atoms with E-state index in [4.69, 9.17) is 9.56 Å². The number of hydrogen-bond donors (Lipinski definition) is 1. The molecule has 9 heteroatoms. The second-order valence-electron chi connectivity index (χ2n) is 6.62. The van der Waals surface area contributed by atoms with Crippen LogP contribution >= 0.6 is 11.8 Å². The number of rotatable bonds is 4. The Bertz CT molecular complexity index is 1270. The van der Waals surface area contributed by atoms with Crippen molar-refractivity contribution in [2.75, 3.05) is 4.90 Å². The molecule has 30 heavy (non-hydrogen) atoms. The number of nitrogens with zero attached hydrogens (tertiary/aromatic N) is 1. The number of furan rings is 1. The van der Waals surface area contributed by atoms with Gasteiger partial charge in [-0.05, 0) is 67.2 Å². The molecule has 2 N–H and O–H groups in total. The van der Waals surface area contributed by atoms with E-state index in [1.165, 1.54) is 18.2 Å². The highest BCUT2D eigenvalue weighted by Crippen LogP contribution is 2.36. The van der Waals surface area contributed by atoms with Crippen LogP contribution in [0, 0.1) is 6.92 Å². The van der Waals surface area contributed by atoms with Gasteiger partial charge in [0.25, 0.3) is 11.1 Å². The number of amides is 2. The lowest BCUT2D eigenvalue weighted by Crippen LogP contribution is -2.27. The smallest absolute Gasteiger partial charge is 0.298 e. The number of sulfonamides is 1. The SMILES string of the molecule is Cc1ccc(N2C(=O)S/C(=C\c3ccc(-c4ccc(S(N)(=O)=O)cc4)o3)C2=O)cc1. The number of thioether (sulfide) groups is 1. The summed E-state index contributed by atoms with van der Waals surface area (Å²) in [6.45, 7) is 1.93. The summed E-state index contributed by atoms with van der Waals surface area (Å²) in [5, 5.41) is 4.73. The Morgan fingerprint density at radius 3 is 2.27 bits per heavy atom. The second kappa shape index (κ2) is 7.60. The molecule has 1 aliphatic rings. The van der Waals surface area contributed by atoms with Crippen LogP contribution in [0.4, 0.5) is 10.5 Å². The Morgan fingerprint density at radius 1 is 0.967 bits per heavy atom. The van der Waals surface area contributed by atoms with Gasteiger partial charge in [0.05, 0.1) is 15.5 Å². The molecule has 4 rings (SSSR count). The first-order chi connectivity index (χ1) is 14.2. The average Bonchev–Trinajstić information content (AvgIpc) is 3.27. The molecule has 0 saturated carbocycles. The quantitative estimate of drug-likeness (QED) is 0.611. The molecule has 7 nitrogen and oxygen atoms in total. The Morgan fingerprint density at radius 2 is 1.63 bits per heavy atom. The molecular weight excluding hydrogens is 424 g/mol. The van der Waals surface area contributed by atoms with Gasteiger partial charge in [-0.1, -0.05) is 17.7 Å². The van der Waals surface area contributed by atoms with Gasteiger partial charge in [0.1, 0.15) is 11.5 Å². The normalized spacial score (nSPS) is 15.9. The maximum Gasteiger partial charge on any atom is 0.298 e. The summed E-state index contributed by atoms with van der Waals surface area (Å²) in [6, 6.07) is 16.4. The Kier molecular flexibility index (Phi) is 5.10. The number of nitrogens with two attached hydrogens (primary N) is 1. The molecule has 0 atom stereocenters. The highest BCUT2D eigenvalue weighted by Gasteiger charge is 2.36. The first-order valence-electron chi connectivity index (χ1n) is 8.80. The molecule has 1 aliphatic heterocycles. The predicted octanol–water partition coefficient (Wildman–Crippen LogP) is 4.14. The van der Waals surface area contributed by atoms with Crippen molar-refractivity contribution in [3.8, 4) is 11.3 Å². The van der Waals surface area contributed by atoms with Crippen LogP contribution in [0.1, 0.15) is 11.3 Å². The van der Waals surface area contributed by atoms with Crippen molar-refractivity contribution in [3.05, 3.63) is 76.9 Å². The zero-order valence-corrected chi connectivity index (χ0v) is 17.4. The van der Waals surface area contributed by atoms with Crippen molar-refractivity contribution in [2.24, 2.45) is 5.14 Å². The van der Waals surface area contributed by atoms with Crippen molar-refractivity contribution < 1.29 is 22.4 Å². The minimum absolute atomic E-state index is 0.00260. The molecule has 3 aromatic rings.